The van der Waals surface area contributed by atoms with E-state index in [4.69, 9.17) is 4.52 Å². The highest BCUT2D eigenvalue weighted by Crippen LogP contribution is 2.19. The van der Waals surface area contributed by atoms with Crippen molar-refractivity contribution in [1.29, 1.82) is 0 Å². The third-order valence-electron chi connectivity index (χ3n) is 3.91. The molecule has 0 aliphatic rings. The van der Waals surface area contributed by atoms with Gasteiger partial charge in [-0.05, 0) is 13.3 Å². The molecule has 3 rings (SSSR count). The van der Waals surface area contributed by atoms with Crippen LogP contribution >= 0.6 is 0 Å². The number of hydrogen-bond acceptors (Lipinski definition) is 6. The van der Waals surface area contributed by atoms with Crippen LogP contribution in [0.5, 0.6) is 0 Å². The molecule has 0 aliphatic heterocycles. The first-order valence-corrected chi connectivity index (χ1v) is 7.40. The summed E-state index contributed by atoms with van der Waals surface area (Å²) in [6, 6.07) is -0.358. The lowest BCUT2D eigenvalue weighted by molar-refractivity contribution is 0.343. The van der Waals surface area contributed by atoms with Crippen LogP contribution in [0.15, 0.2) is 20.4 Å². The summed E-state index contributed by atoms with van der Waals surface area (Å²) in [7, 11) is 3.02. The maximum Gasteiger partial charge on any atom is 0.332 e. The second kappa shape index (κ2) is 5.49. The molecule has 0 saturated heterocycles. The molecule has 1 unspecified atom stereocenters. The quantitative estimate of drug-likeness (QED) is 0.689. The summed E-state index contributed by atoms with van der Waals surface area (Å²) in [5.41, 5.74) is -0.153. The Morgan fingerprint density at radius 3 is 2.70 bits per heavy atom. The van der Waals surface area contributed by atoms with E-state index < -0.39 is 11.2 Å². The normalized spacial score (nSPS) is 12.9. The first-order valence-electron chi connectivity index (χ1n) is 7.40. The molecule has 3 aromatic heterocycles. The third-order valence-corrected chi connectivity index (χ3v) is 3.91. The van der Waals surface area contributed by atoms with Crippen molar-refractivity contribution in [1.82, 2.24) is 28.8 Å². The summed E-state index contributed by atoms with van der Waals surface area (Å²) < 4.78 is 9.34. The fourth-order valence-corrected chi connectivity index (χ4v) is 2.54. The summed E-state index contributed by atoms with van der Waals surface area (Å²) in [6.07, 6.45) is 3.17. The smallest absolute Gasteiger partial charge is 0.332 e. The van der Waals surface area contributed by atoms with Crippen LogP contribution in [0.1, 0.15) is 38.0 Å². The number of nitrogens with zero attached hydrogens (tertiary/aromatic N) is 6. The van der Waals surface area contributed by atoms with Gasteiger partial charge in [0.2, 0.25) is 5.89 Å². The minimum absolute atomic E-state index is 0.331. The summed E-state index contributed by atoms with van der Waals surface area (Å²) in [5, 5.41) is 3.93. The fourth-order valence-electron chi connectivity index (χ4n) is 2.54. The number of hydrogen-bond donors (Lipinski definition) is 0. The Morgan fingerprint density at radius 2 is 2.00 bits per heavy atom. The molecule has 9 nitrogen and oxygen atoms in total. The van der Waals surface area contributed by atoms with Gasteiger partial charge < -0.3 is 9.09 Å². The molecule has 0 amide bonds. The topological polar surface area (TPSA) is 101 Å². The van der Waals surface area contributed by atoms with Crippen molar-refractivity contribution in [2.75, 3.05) is 0 Å². The van der Waals surface area contributed by atoms with Gasteiger partial charge in [0.25, 0.3) is 5.56 Å². The average molecular weight is 318 g/mol. The molecule has 3 aromatic rings. The van der Waals surface area contributed by atoms with Crippen molar-refractivity contribution in [3.05, 3.63) is 38.9 Å². The maximum absolute atomic E-state index is 12.4. The summed E-state index contributed by atoms with van der Waals surface area (Å²) in [6.45, 7) is 3.88. The van der Waals surface area contributed by atoms with E-state index in [2.05, 4.69) is 15.1 Å². The highest BCUT2D eigenvalue weighted by atomic mass is 16.5. The molecule has 0 radical (unpaired) electrons. The molecule has 0 aromatic carbocycles. The Kier molecular flexibility index (Phi) is 3.63. The zero-order chi connectivity index (χ0) is 16.7. The van der Waals surface area contributed by atoms with Crippen LogP contribution in [-0.2, 0) is 20.5 Å². The standard InChI is InChI=1S/C14H18N6O3/c1-5-6-9-16-12(23-17-9)8(2)20-7-15-11-10(20)13(21)19(4)14(22)18(11)3/h7-8H,5-6H2,1-4H3. The predicted molar refractivity (Wildman–Crippen MR) is 82.3 cm³/mol. The molecule has 3 heterocycles. The monoisotopic (exact) mass is 318 g/mol. The van der Waals surface area contributed by atoms with E-state index in [0.29, 0.717) is 22.9 Å². The Morgan fingerprint density at radius 1 is 1.26 bits per heavy atom. The van der Waals surface area contributed by atoms with Crippen LogP contribution in [-0.4, -0.2) is 28.8 Å². The van der Waals surface area contributed by atoms with E-state index in [1.54, 1.807) is 11.6 Å². The van der Waals surface area contributed by atoms with E-state index in [1.807, 2.05) is 13.8 Å². The van der Waals surface area contributed by atoms with Gasteiger partial charge in [-0.1, -0.05) is 12.1 Å². The second-order valence-corrected chi connectivity index (χ2v) is 5.50. The van der Waals surface area contributed by atoms with Crippen LogP contribution in [0, 0.1) is 0 Å². The predicted octanol–water partition coefficient (Wildman–Crippen LogP) is 0.378. The molecule has 9 heteroatoms. The number of rotatable bonds is 4. The Hall–Kier alpha value is -2.71. The Bertz CT molecular complexity index is 977. The number of imidazole rings is 1. The molecule has 0 saturated carbocycles. The zero-order valence-corrected chi connectivity index (χ0v) is 13.5. The van der Waals surface area contributed by atoms with Crippen molar-refractivity contribution in [3.8, 4) is 0 Å². The average Bonchev–Trinajstić information content (AvgIpc) is 3.17. The van der Waals surface area contributed by atoms with Crippen molar-refractivity contribution in [2.45, 2.75) is 32.7 Å². The maximum atomic E-state index is 12.4. The zero-order valence-electron chi connectivity index (χ0n) is 13.5. The highest BCUT2D eigenvalue weighted by molar-refractivity contribution is 5.70. The van der Waals surface area contributed by atoms with Gasteiger partial charge in [-0.3, -0.25) is 13.9 Å². The highest BCUT2D eigenvalue weighted by Gasteiger charge is 2.22. The summed E-state index contributed by atoms with van der Waals surface area (Å²) in [5.74, 6) is 1.04. The molecule has 0 aliphatic carbocycles. The van der Waals surface area contributed by atoms with Crippen LogP contribution in [0.2, 0.25) is 0 Å². The van der Waals surface area contributed by atoms with E-state index in [0.717, 1.165) is 17.4 Å². The van der Waals surface area contributed by atoms with Gasteiger partial charge in [0.1, 0.15) is 6.04 Å². The number of aryl methyl sites for hydroxylation is 2. The second-order valence-electron chi connectivity index (χ2n) is 5.50. The fraction of sp³-hybridized carbons (Fsp3) is 0.500. The van der Waals surface area contributed by atoms with Gasteiger partial charge in [-0.25, -0.2) is 9.78 Å². The van der Waals surface area contributed by atoms with Crippen LogP contribution in [0.25, 0.3) is 11.2 Å². The molecule has 0 N–H and O–H groups in total. The van der Waals surface area contributed by atoms with Crippen molar-refractivity contribution >= 4 is 11.2 Å². The van der Waals surface area contributed by atoms with E-state index >= 15 is 0 Å². The molecule has 0 bridgehead atoms. The van der Waals surface area contributed by atoms with Crippen LogP contribution < -0.4 is 11.2 Å². The largest absolute Gasteiger partial charge is 0.337 e. The lowest BCUT2D eigenvalue weighted by Gasteiger charge is -2.10. The first kappa shape index (κ1) is 15.2. The minimum atomic E-state index is -0.413. The van der Waals surface area contributed by atoms with E-state index in [-0.39, 0.29) is 6.04 Å². The van der Waals surface area contributed by atoms with Crippen molar-refractivity contribution in [3.63, 3.8) is 0 Å². The van der Waals surface area contributed by atoms with E-state index in [9.17, 15) is 9.59 Å². The molecular formula is C14H18N6O3. The molecule has 0 spiro atoms. The first-order chi connectivity index (χ1) is 11.0. The van der Waals surface area contributed by atoms with Crippen LogP contribution in [0.4, 0.5) is 0 Å². The van der Waals surface area contributed by atoms with Gasteiger partial charge >= 0.3 is 5.69 Å². The van der Waals surface area contributed by atoms with Gasteiger partial charge in [0, 0.05) is 20.5 Å². The Labute approximate surface area is 131 Å². The lowest BCUT2D eigenvalue weighted by atomic mass is 10.3. The Balaban J connectivity index is 2.16. The van der Waals surface area contributed by atoms with Gasteiger partial charge in [-0.15, -0.1) is 0 Å². The summed E-state index contributed by atoms with van der Waals surface area (Å²) >= 11 is 0. The van der Waals surface area contributed by atoms with Gasteiger partial charge in [0.05, 0.1) is 6.33 Å². The van der Waals surface area contributed by atoms with Gasteiger partial charge in [0.15, 0.2) is 17.0 Å². The molecule has 122 valence electrons. The van der Waals surface area contributed by atoms with Gasteiger partial charge in [-0.2, -0.15) is 4.98 Å². The van der Waals surface area contributed by atoms with Crippen molar-refractivity contribution in [2.24, 2.45) is 14.1 Å². The SMILES string of the molecule is CCCc1noc(C(C)n2cnc3c2c(=O)n(C)c(=O)n3C)n1. The van der Waals surface area contributed by atoms with E-state index in [1.165, 1.54) is 17.9 Å². The molecule has 1 atom stereocenters. The molecular weight excluding hydrogens is 300 g/mol. The molecule has 0 fully saturated rings. The molecule has 23 heavy (non-hydrogen) atoms. The minimum Gasteiger partial charge on any atom is -0.337 e. The van der Waals surface area contributed by atoms with Crippen LogP contribution in [0.3, 0.4) is 0 Å². The number of fused-ring (bicyclic) bond motifs is 1. The summed E-state index contributed by atoms with van der Waals surface area (Å²) in [4.78, 5) is 33.0. The number of aromatic nitrogens is 6. The third kappa shape index (κ3) is 2.28. The lowest BCUT2D eigenvalue weighted by Crippen LogP contribution is -2.37. The van der Waals surface area contributed by atoms with Crippen molar-refractivity contribution < 1.29 is 4.52 Å².